The Kier molecular flexibility index (Phi) is 7.59. The topological polar surface area (TPSA) is 94.1 Å². The van der Waals surface area contributed by atoms with E-state index in [4.69, 9.17) is 4.52 Å². The lowest BCUT2D eigenvalue weighted by Gasteiger charge is -2.26. The molecule has 0 unspecified atom stereocenters. The molecule has 0 aliphatic carbocycles. The molecule has 0 spiro atoms. The number of aryl methyl sites for hydroxylation is 1. The van der Waals surface area contributed by atoms with E-state index in [0.717, 1.165) is 30.2 Å². The summed E-state index contributed by atoms with van der Waals surface area (Å²) in [6.07, 6.45) is 0.988. The number of pyridine rings is 1. The van der Waals surface area contributed by atoms with E-state index in [9.17, 15) is 13.2 Å². The van der Waals surface area contributed by atoms with Crippen LogP contribution in [0.4, 0.5) is 19.0 Å². The zero-order valence-electron chi connectivity index (χ0n) is 20.9. The molecule has 38 heavy (non-hydrogen) atoms. The first-order valence-electron chi connectivity index (χ1n) is 12.5. The van der Waals surface area contributed by atoms with Crippen molar-refractivity contribution in [1.82, 2.24) is 29.8 Å². The zero-order valence-corrected chi connectivity index (χ0v) is 20.9. The van der Waals surface area contributed by atoms with Gasteiger partial charge in [-0.3, -0.25) is 4.68 Å². The number of nitrogens with zero attached hydrogens (tertiary/aromatic N) is 6. The van der Waals surface area contributed by atoms with Crippen molar-refractivity contribution in [2.75, 3.05) is 31.5 Å². The molecule has 0 saturated carbocycles. The molecule has 12 heteroatoms. The van der Waals surface area contributed by atoms with E-state index >= 15 is 0 Å². The Morgan fingerprint density at radius 3 is 2.55 bits per heavy atom. The first kappa shape index (κ1) is 25.7. The fraction of sp³-hybridized carbons (Fsp3) is 0.385. The Bertz CT molecular complexity index is 1330. The van der Waals surface area contributed by atoms with Crippen LogP contribution in [0.25, 0.3) is 23.0 Å². The minimum atomic E-state index is -4.75. The molecule has 1 aliphatic heterocycles. The molecule has 1 saturated heterocycles. The summed E-state index contributed by atoms with van der Waals surface area (Å²) < 4.78 is 48.2. The van der Waals surface area contributed by atoms with Crippen LogP contribution in [0, 0.1) is 6.92 Å². The lowest BCUT2D eigenvalue weighted by Crippen LogP contribution is -2.33. The number of ether oxygens (including phenoxy) is 1. The van der Waals surface area contributed by atoms with Gasteiger partial charge in [-0.2, -0.15) is 10.1 Å². The molecule has 200 valence electrons. The number of hydrogen-bond acceptors (Lipinski definition) is 8. The van der Waals surface area contributed by atoms with Crippen LogP contribution in [-0.2, 0) is 6.54 Å². The van der Waals surface area contributed by atoms with Crippen molar-refractivity contribution >= 4 is 5.82 Å². The number of hydrogen-bond donors (Lipinski definition) is 1. The van der Waals surface area contributed by atoms with Gasteiger partial charge in [0.2, 0.25) is 5.82 Å². The van der Waals surface area contributed by atoms with Crippen LogP contribution < -0.4 is 10.1 Å². The second-order valence-electron chi connectivity index (χ2n) is 9.20. The van der Waals surface area contributed by atoms with Gasteiger partial charge in [0.25, 0.3) is 5.89 Å². The van der Waals surface area contributed by atoms with Crippen LogP contribution in [0.15, 0.2) is 53.2 Å². The Balaban J connectivity index is 1.18. The molecule has 1 aromatic carbocycles. The number of alkyl halides is 3. The fourth-order valence-electron chi connectivity index (χ4n) is 4.35. The number of aromatic nitrogens is 5. The van der Waals surface area contributed by atoms with E-state index in [2.05, 4.69) is 35.2 Å². The third-order valence-electron chi connectivity index (χ3n) is 6.31. The van der Waals surface area contributed by atoms with Gasteiger partial charge < -0.3 is 19.5 Å². The molecular formula is C26H28F3N7O2. The molecule has 3 aromatic heterocycles. The Morgan fingerprint density at radius 2 is 1.84 bits per heavy atom. The van der Waals surface area contributed by atoms with Crippen LogP contribution in [0.5, 0.6) is 5.75 Å². The van der Waals surface area contributed by atoms with Gasteiger partial charge in [-0.25, -0.2) is 4.98 Å². The number of piperidine rings is 1. The average Bonchev–Trinajstić information content (AvgIpc) is 3.53. The Labute approximate surface area is 217 Å². The van der Waals surface area contributed by atoms with Crippen molar-refractivity contribution in [2.45, 2.75) is 39.1 Å². The van der Waals surface area contributed by atoms with E-state index in [-0.39, 0.29) is 17.5 Å². The van der Waals surface area contributed by atoms with E-state index in [1.54, 1.807) is 0 Å². The normalized spacial score (nSPS) is 14.5. The molecule has 0 amide bonds. The molecule has 5 rings (SSSR count). The van der Waals surface area contributed by atoms with Gasteiger partial charge in [0, 0.05) is 30.5 Å². The number of benzene rings is 1. The largest absolute Gasteiger partial charge is 0.573 e. The van der Waals surface area contributed by atoms with Crippen LogP contribution >= 0.6 is 0 Å². The summed E-state index contributed by atoms with van der Waals surface area (Å²) in [5.41, 5.74) is 2.89. The van der Waals surface area contributed by atoms with E-state index in [1.165, 1.54) is 56.6 Å². The van der Waals surface area contributed by atoms with Gasteiger partial charge in [-0.1, -0.05) is 17.6 Å². The lowest BCUT2D eigenvalue weighted by molar-refractivity contribution is -0.274. The van der Waals surface area contributed by atoms with Gasteiger partial charge in [0.1, 0.15) is 11.6 Å². The van der Waals surface area contributed by atoms with Crippen molar-refractivity contribution in [2.24, 2.45) is 0 Å². The highest BCUT2D eigenvalue weighted by atomic mass is 19.4. The van der Waals surface area contributed by atoms with Crippen LogP contribution in [0.2, 0.25) is 0 Å². The SMILES string of the molecule is Cc1cc(-c2nc(-c3ccc(OC(F)(F)F)cc3)no2)nn1Cc1ccc(NCCN2CCCCC2)nc1. The molecule has 0 atom stereocenters. The maximum atomic E-state index is 12.4. The summed E-state index contributed by atoms with van der Waals surface area (Å²) >= 11 is 0. The minimum Gasteiger partial charge on any atom is -0.406 e. The maximum Gasteiger partial charge on any atom is 0.573 e. The van der Waals surface area contributed by atoms with Gasteiger partial charge in [0.15, 0.2) is 5.69 Å². The van der Waals surface area contributed by atoms with Crippen molar-refractivity contribution < 1.29 is 22.4 Å². The quantitative estimate of drug-likeness (QED) is 0.320. The molecule has 9 nitrogen and oxygen atoms in total. The fourth-order valence-corrected chi connectivity index (χ4v) is 4.35. The smallest absolute Gasteiger partial charge is 0.406 e. The minimum absolute atomic E-state index is 0.212. The van der Waals surface area contributed by atoms with Gasteiger partial charge in [-0.05, 0) is 74.8 Å². The highest BCUT2D eigenvalue weighted by molar-refractivity contribution is 5.59. The standard InChI is InChI=1S/C26H28F3N7O2/c1-18-15-22(25-32-24(34-38-25)20-6-8-21(9-7-20)37-26(27,28)29)33-36(18)17-19-5-10-23(31-16-19)30-11-14-35-12-3-2-4-13-35/h5-10,15-16H,2-4,11-14,17H2,1H3,(H,30,31). The third-order valence-corrected chi connectivity index (χ3v) is 6.31. The van der Waals surface area contributed by atoms with Gasteiger partial charge >= 0.3 is 6.36 Å². The van der Waals surface area contributed by atoms with Crippen LogP contribution in [-0.4, -0.2) is 62.3 Å². The van der Waals surface area contributed by atoms with Crippen molar-refractivity contribution in [3.63, 3.8) is 0 Å². The van der Waals surface area contributed by atoms with Gasteiger partial charge in [-0.15, -0.1) is 13.2 Å². The summed E-state index contributed by atoms with van der Waals surface area (Å²) in [7, 11) is 0. The number of rotatable bonds is 9. The van der Waals surface area contributed by atoms with Crippen molar-refractivity contribution in [3.05, 3.63) is 59.9 Å². The van der Waals surface area contributed by atoms with Crippen LogP contribution in [0.3, 0.4) is 0 Å². The zero-order chi connectivity index (χ0) is 26.5. The number of anilines is 1. The first-order chi connectivity index (χ1) is 18.3. The van der Waals surface area contributed by atoms with E-state index in [1.807, 2.05) is 36.0 Å². The average molecular weight is 528 g/mol. The predicted molar refractivity (Wildman–Crippen MR) is 134 cm³/mol. The highest BCUT2D eigenvalue weighted by Gasteiger charge is 2.31. The monoisotopic (exact) mass is 527 g/mol. The first-order valence-corrected chi connectivity index (χ1v) is 12.5. The summed E-state index contributed by atoms with van der Waals surface area (Å²) in [4.78, 5) is 11.4. The second-order valence-corrected chi connectivity index (χ2v) is 9.20. The molecule has 4 aromatic rings. The van der Waals surface area contributed by atoms with E-state index < -0.39 is 6.36 Å². The van der Waals surface area contributed by atoms with Gasteiger partial charge in [0.05, 0.1) is 6.54 Å². The predicted octanol–water partition coefficient (Wildman–Crippen LogP) is 5.15. The molecule has 0 bridgehead atoms. The third kappa shape index (κ3) is 6.68. The summed E-state index contributed by atoms with van der Waals surface area (Å²) in [5.74, 6) is 0.970. The molecule has 1 fully saturated rings. The number of nitrogens with one attached hydrogen (secondary N) is 1. The number of likely N-dealkylation sites (tertiary alicyclic amines) is 1. The molecule has 0 radical (unpaired) electrons. The summed E-state index contributed by atoms with van der Waals surface area (Å²) in [6.45, 7) is 6.70. The maximum absolute atomic E-state index is 12.4. The van der Waals surface area contributed by atoms with E-state index in [0.29, 0.717) is 17.8 Å². The van der Waals surface area contributed by atoms with Crippen molar-refractivity contribution in [3.8, 4) is 28.7 Å². The Hall–Kier alpha value is -3.93. The molecule has 1 aliphatic rings. The lowest BCUT2D eigenvalue weighted by atomic mass is 10.1. The number of halogens is 3. The molecule has 1 N–H and O–H groups in total. The highest BCUT2D eigenvalue weighted by Crippen LogP contribution is 2.27. The second kappa shape index (κ2) is 11.2. The Morgan fingerprint density at radius 1 is 1.05 bits per heavy atom. The molecular weight excluding hydrogens is 499 g/mol. The summed E-state index contributed by atoms with van der Waals surface area (Å²) in [5, 5.41) is 11.9. The summed E-state index contributed by atoms with van der Waals surface area (Å²) in [6, 6.07) is 11.1. The van der Waals surface area contributed by atoms with Crippen molar-refractivity contribution in [1.29, 1.82) is 0 Å². The van der Waals surface area contributed by atoms with Crippen LogP contribution in [0.1, 0.15) is 30.5 Å². The molecule has 4 heterocycles.